The predicted molar refractivity (Wildman–Crippen MR) is 133 cm³/mol. The first-order valence-corrected chi connectivity index (χ1v) is 13.4. The minimum Gasteiger partial charge on any atom is -0.302 e. The maximum Gasteiger partial charge on any atom is 0.260 e. The van der Waals surface area contributed by atoms with Crippen LogP contribution in [0.3, 0.4) is 0 Å². The van der Waals surface area contributed by atoms with Gasteiger partial charge in [-0.2, -0.15) is 0 Å². The third-order valence-electron chi connectivity index (χ3n) is 5.64. The van der Waals surface area contributed by atoms with Gasteiger partial charge in [0.25, 0.3) is 5.91 Å². The third kappa shape index (κ3) is 5.19. The SMILES string of the molecule is CCN(CC)CCN(C(=O)c1cccc(S(=O)(=O)CC)c1)c1nc2cc(C)cc(C)c2s1. The second-order valence-corrected chi connectivity index (χ2v) is 11.1. The first kappa shape index (κ1) is 24.4. The molecule has 1 aromatic heterocycles. The molecule has 0 spiro atoms. The number of aromatic nitrogens is 1. The number of thiazole rings is 1. The highest BCUT2D eigenvalue weighted by atomic mass is 32.2. The highest BCUT2D eigenvalue weighted by molar-refractivity contribution is 7.91. The fourth-order valence-electron chi connectivity index (χ4n) is 3.69. The lowest BCUT2D eigenvalue weighted by Crippen LogP contribution is -2.39. The molecule has 0 radical (unpaired) electrons. The monoisotopic (exact) mass is 473 g/mol. The van der Waals surface area contributed by atoms with E-state index in [0.29, 0.717) is 23.8 Å². The second-order valence-electron chi connectivity index (χ2n) is 7.84. The summed E-state index contributed by atoms with van der Waals surface area (Å²) in [7, 11) is -3.40. The lowest BCUT2D eigenvalue weighted by atomic mass is 10.1. The van der Waals surface area contributed by atoms with E-state index in [1.54, 1.807) is 30.0 Å². The molecule has 0 aliphatic carbocycles. The van der Waals surface area contributed by atoms with Crippen LogP contribution in [-0.4, -0.2) is 56.1 Å². The zero-order valence-electron chi connectivity index (χ0n) is 19.4. The molecule has 0 saturated carbocycles. The van der Waals surface area contributed by atoms with Crippen LogP contribution in [0, 0.1) is 13.8 Å². The zero-order chi connectivity index (χ0) is 23.5. The fourth-order valence-corrected chi connectivity index (χ4v) is 5.66. The Hall–Kier alpha value is -2.29. The van der Waals surface area contributed by atoms with Crippen molar-refractivity contribution in [3.05, 3.63) is 53.1 Å². The van der Waals surface area contributed by atoms with E-state index in [9.17, 15) is 13.2 Å². The zero-order valence-corrected chi connectivity index (χ0v) is 21.0. The molecule has 6 nitrogen and oxygen atoms in total. The first-order chi connectivity index (χ1) is 15.2. The molecule has 0 aliphatic heterocycles. The summed E-state index contributed by atoms with van der Waals surface area (Å²) in [5, 5.41) is 0.634. The van der Waals surface area contributed by atoms with E-state index < -0.39 is 9.84 Å². The average molecular weight is 474 g/mol. The number of hydrogen-bond donors (Lipinski definition) is 0. The Balaban J connectivity index is 2.04. The Labute approximate surface area is 194 Å². The van der Waals surface area contributed by atoms with Crippen LogP contribution >= 0.6 is 11.3 Å². The molecular weight excluding hydrogens is 442 g/mol. The molecule has 0 saturated heterocycles. The first-order valence-electron chi connectivity index (χ1n) is 10.9. The van der Waals surface area contributed by atoms with Gasteiger partial charge in [-0.05, 0) is 62.3 Å². The van der Waals surface area contributed by atoms with E-state index in [4.69, 9.17) is 4.98 Å². The van der Waals surface area contributed by atoms with Gasteiger partial charge < -0.3 is 4.90 Å². The van der Waals surface area contributed by atoms with Gasteiger partial charge in [0, 0.05) is 18.7 Å². The van der Waals surface area contributed by atoms with Gasteiger partial charge in [0.2, 0.25) is 0 Å². The van der Waals surface area contributed by atoms with Crippen molar-refractivity contribution in [3.8, 4) is 0 Å². The summed E-state index contributed by atoms with van der Waals surface area (Å²) in [4.78, 5) is 22.5. The van der Waals surface area contributed by atoms with Crippen molar-refractivity contribution in [2.75, 3.05) is 36.8 Å². The minimum absolute atomic E-state index is 0.00713. The van der Waals surface area contributed by atoms with Crippen LogP contribution in [0.1, 0.15) is 42.3 Å². The normalized spacial score (nSPS) is 11.9. The Morgan fingerprint density at radius 1 is 1.03 bits per heavy atom. The van der Waals surface area contributed by atoms with Gasteiger partial charge in [-0.25, -0.2) is 13.4 Å². The van der Waals surface area contributed by atoms with Gasteiger partial charge in [0.15, 0.2) is 15.0 Å². The molecule has 3 rings (SSSR count). The number of hydrogen-bond acceptors (Lipinski definition) is 6. The largest absolute Gasteiger partial charge is 0.302 e. The number of benzene rings is 2. The van der Waals surface area contributed by atoms with E-state index in [2.05, 4.69) is 31.7 Å². The van der Waals surface area contributed by atoms with E-state index >= 15 is 0 Å². The fraction of sp³-hybridized carbons (Fsp3) is 0.417. The smallest absolute Gasteiger partial charge is 0.260 e. The molecule has 2 aromatic carbocycles. The number of nitrogens with zero attached hydrogens (tertiary/aromatic N) is 3. The van der Waals surface area contributed by atoms with E-state index in [-0.39, 0.29) is 16.6 Å². The number of aryl methyl sites for hydroxylation is 2. The summed E-state index contributed by atoms with van der Waals surface area (Å²) in [5.41, 5.74) is 3.50. The molecule has 0 unspecified atom stereocenters. The molecular formula is C24H31N3O3S2. The second kappa shape index (κ2) is 10.1. The molecule has 3 aromatic rings. The number of anilines is 1. The summed E-state index contributed by atoms with van der Waals surface area (Å²) < 4.78 is 25.8. The highest BCUT2D eigenvalue weighted by Gasteiger charge is 2.24. The van der Waals surface area contributed by atoms with Crippen molar-refractivity contribution in [3.63, 3.8) is 0 Å². The van der Waals surface area contributed by atoms with E-state index in [1.807, 2.05) is 13.0 Å². The van der Waals surface area contributed by atoms with Crippen molar-refractivity contribution in [1.29, 1.82) is 0 Å². The molecule has 0 atom stereocenters. The van der Waals surface area contributed by atoms with Gasteiger partial charge in [-0.15, -0.1) is 0 Å². The number of amides is 1. The molecule has 0 fully saturated rings. The number of likely N-dealkylation sites (N-methyl/N-ethyl adjacent to an activating group) is 1. The summed E-state index contributed by atoms with van der Waals surface area (Å²) in [5.74, 6) is -0.244. The number of sulfone groups is 1. The van der Waals surface area contributed by atoms with Crippen LogP contribution in [0.5, 0.6) is 0 Å². The van der Waals surface area contributed by atoms with Crippen molar-refractivity contribution in [2.24, 2.45) is 0 Å². The summed E-state index contributed by atoms with van der Waals surface area (Å²) in [6, 6.07) is 10.5. The number of carbonyl (C=O) groups is 1. The maximum absolute atomic E-state index is 13.6. The average Bonchev–Trinajstić information content (AvgIpc) is 3.20. The third-order valence-corrected chi connectivity index (χ3v) is 8.60. The molecule has 1 heterocycles. The van der Waals surface area contributed by atoms with Crippen molar-refractivity contribution < 1.29 is 13.2 Å². The van der Waals surface area contributed by atoms with E-state index in [0.717, 1.165) is 34.4 Å². The van der Waals surface area contributed by atoms with Crippen molar-refractivity contribution >= 4 is 42.4 Å². The van der Waals surface area contributed by atoms with Crippen LogP contribution < -0.4 is 4.90 Å². The maximum atomic E-state index is 13.6. The lowest BCUT2D eigenvalue weighted by molar-refractivity contribution is 0.0983. The molecule has 32 heavy (non-hydrogen) atoms. The molecule has 0 N–H and O–H groups in total. The Kier molecular flexibility index (Phi) is 7.69. The molecule has 1 amide bonds. The number of rotatable bonds is 9. The number of fused-ring (bicyclic) bond motifs is 1. The topological polar surface area (TPSA) is 70.6 Å². The van der Waals surface area contributed by atoms with Gasteiger partial charge >= 0.3 is 0 Å². The Morgan fingerprint density at radius 2 is 1.75 bits per heavy atom. The molecule has 8 heteroatoms. The molecule has 172 valence electrons. The quantitative estimate of drug-likeness (QED) is 0.451. The number of carbonyl (C=O) groups excluding carboxylic acids is 1. The predicted octanol–water partition coefficient (Wildman–Crippen LogP) is 4.70. The Morgan fingerprint density at radius 3 is 2.41 bits per heavy atom. The van der Waals surface area contributed by atoms with Crippen LogP contribution in [0.25, 0.3) is 10.2 Å². The van der Waals surface area contributed by atoms with Gasteiger partial charge in [-0.1, -0.05) is 44.2 Å². The van der Waals surface area contributed by atoms with Crippen molar-refractivity contribution in [1.82, 2.24) is 9.88 Å². The lowest BCUT2D eigenvalue weighted by Gasteiger charge is -2.25. The summed E-state index contributed by atoms with van der Waals surface area (Å²) >= 11 is 1.50. The van der Waals surface area contributed by atoms with Crippen LogP contribution in [0.15, 0.2) is 41.3 Å². The van der Waals surface area contributed by atoms with E-state index in [1.165, 1.54) is 17.4 Å². The standard InChI is InChI=1S/C24H31N3O3S2/c1-6-26(7-2)12-13-27(24-25-21-15-17(4)14-18(5)22(21)31-24)23(28)19-10-9-11-20(16-19)32(29,30)8-3/h9-11,14-16H,6-8,12-13H2,1-5H3. The summed E-state index contributed by atoms with van der Waals surface area (Å²) in [6.45, 7) is 12.8. The van der Waals surface area contributed by atoms with Crippen LogP contribution in [0.2, 0.25) is 0 Å². The highest BCUT2D eigenvalue weighted by Crippen LogP contribution is 2.33. The van der Waals surface area contributed by atoms with Gasteiger partial charge in [0.1, 0.15) is 0 Å². The Bertz CT molecular complexity index is 1210. The van der Waals surface area contributed by atoms with Crippen LogP contribution in [0.4, 0.5) is 5.13 Å². The minimum atomic E-state index is -3.40. The molecule has 0 aliphatic rings. The van der Waals surface area contributed by atoms with Gasteiger partial charge in [-0.3, -0.25) is 9.69 Å². The molecule has 0 bridgehead atoms. The summed E-state index contributed by atoms with van der Waals surface area (Å²) in [6.07, 6.45) is 0. The van der Waals surface area contributed by atoms with Crippen LogP contribution in [-0.2, 0) is 9.84 Å². The van der Waals surface area contributed by atoms with Gasteiger partial charge in [0.05, 0.1) is 20.9 Å². The van der Waals surface area contributed by atoms with Crippen molar-refractivity contribution in [2.45, 2.75) is 39.5 Å².